The second-order valence-corrected chi connectivity index (χ2v) is 5.96. The number of carbonyl (C=O) groups is 1. The summed E-state index contributed by atoms with van der Waals surface area (Å²) in [6, 6.07) is 29.8. The lowest BCUT2D eigenvalue weighted by Crippen LogP contribution is -2.10. The minimum atomic E-state index is -0.281. The first-order valence-corrected chi connectivity index (χ1v) is 8.30. The second-order valence-electron chi connectivity index (χ2n) is 5.96. The Morgan fingerprint density at radius 2 is 1.16 bits per heavy atom. The summed E-state index contributed by atoms with van der Waals surface area (Å²) >= 11 is 0. The fourth-order valence-corrected chi connectivity index (χ4v) is 3.14. The number of hydrogen-bond donors (Lipinski definition) is 0. The van der Waals surface area contributed by atoms with Crippen LogP contribution in [0.15, 0.2) is 96.8 Å². The third kappa shape index (κ3) is 3.11. The van der Waals surface area contributed by atoms with Crippen molar-refractivity contribution in [3.8, 4) is 0 Å². The van der Waals surface area contributed by atoms with Crippen molar-refractivity contribution in [2.75, 3.05) is 0 Å². The number of carbonyl (C=O) groups excluding carboxylic acids is 1. The van der Waals surface area contributed by atoms with E-state index >= 15 is 0 Å². The average molecular weight is 325 g/mol. The zero-order valence-electron chi connectivity index (χ0n) is 13.7. The summed E-state index contributed by atoms with van der Waals surface area (Å²) in [6.07, 6.45) is 0.590. The second kappa shape index (κ2) is 6.78. The highest BCUT2D eigenvalue weighted by Crippen LogP contribution is 2.41. The zero-order valence-corrected chi connectivity index (χ0v) is 13.7. The van der Waals surface area contributed by atoms with Crippen LogP contribution in [0.1, 0.15) is 16.7 Å². The maximum atomic E-state index is 12.7. The summed E-state index contributed by atoms with van der Waals surface area (Å²) in [4.78, 5) is 12.7. The van der Waals surface area contributed by atoms with E-state index in [0.29, 0.717) is 18.1 Å². The van der Waals surface area contributed by atoms with E-state index in [1.807, 2.05) is 91.0 Å². The van der Waals surface area contributed by atoms with Gasteiger partial charge in [-0.1, -0.05) is 91.0 Å². The molecule has 25 heavy (non-hydrogen) atoms. The van der Waals surface area contributed by atoms with Gasteiger partial charge < -0.3 is 4.74 Å². The van der Waals surface area contributed by atoms with Gasteiger partial charge in [-0.15, -0.1) is 0 Å². The van der Waals surface area contributed by atoms with E-state index in [0.717, 1.165) is 22.3 Å². The molecule has 0 fully saturated rings. The molecule has 0 saturated heterocycles. The summed E-state index contributed by atoms with van der Waals surface area (Å²) in [7, 11) is 0. The third-order valence-corrected chi connectivity index (χ3v) is 4.28. The van der Waals surface area contributed by atoms with Gasteiger partial charge in [0.1, 0.15) is 11.7 Å². The highest BCUT2D eigenvalue weighted by atomic mass is 16.5. The summed E-state index contributed by atoms with van der Waals surface area (Å²) in [5.41, 5.74) is 3.89. The predicted octanol–water partition coefficient (Wildman–Crippen LogP) is 4.82. The quantitative estimate of drug-likeness (QED) is 0.643. The number of rotatable bonds is 4. The lowest BCUT2D eigenvalue weighted by atomic mass is 9.86. The number of allylic oxidation sites excluding steroid dienone is 1. The molecular weight excluding hydrogens is 308 g/mol. The molecular formula is C23H17O2. The molecule has 0 atom stereocenters. The van der Waals surface area contributed by atoms with Crippen molar-refractivity contribution in [2.45, 2.75) is 6.42 Å². The van der Waals surface area contributed by atoms with Crippen LogP contribution in [0.4, 0.5) is 0 Å². The van der Waals surface area contributed by atoms with Crippen LogP contribution in [-0.4, -0.2) is 5.97 Å². The van der Waals surface area contributed by atoms with Crippen LogP contribution in [0.3, 0.4) is 0 Å². The number of benzene rings is 3. The zero-order chi connectivity index (χ0) is 17.1. The molecule has 0 N–H and O–H groups in total. The van der Waals surface area contributed by atoms with Crippen molar-refractivity contribution in [3.05, 3.63) is 119 Å². The number of ether oxygens (including phenoxy) is 1. The Kier molecular flexibility index (Phi) is 4.17. The average Bonchev–Trinajstić information content (AvgIpc) is 2.99. The molecule has 0 bridgehead atoms. The molecule has 1 heterocycles. The van der Waals surface area contributed by atoms with E-state index < -0.39 is 0 Å². The predicted molar refractivity (Wildman–Crippen MR) is 98.4 cm³/mol. The van der Waals surface area contributed by atoms with Crippen molar-refractivity contribution in [2.24, 2.45) is 0 Å². The van der Waals surface area contributed by atoms with Gasteiger partial charge >= 0.3 is 5.97 Å². The van der Waals surface area contributed by atoms with E-state index in [-0.39, 0.29) is 5.97 Å². The molecule has 4 rings (SSSR count). The fraction of sp³-hybridized carbons (Fsp3) is 0.0435. The lowest BCUT2D eigenvalue weighted by Gasteiger charge is -2.11. The van der Waals surface area contributed by atoms with E-state index in [4.69, 9.17) is 4.74 Å². The highest BCUT2D eigenvalue weighted by Gasteiger charge is 2.38. The Hall–Kier alpha value is -3.13. The Balaban J connectivity index is 1.82. The molecule has 0 spiro atoms. The van der Waals surface area contributed by atoms with Crippen LogP contribution in [0.2, 0.25) is 0 Å². The van der Waals surface area contributed by atoms with Crippen molar-refractivity contribution in [1.82, 2.24) is 0 Å². The minimum absolute atomic E-state index is 0.281. The molecule has 2 heteroatoms. The Bertz CT molecular complexity index is 897. The molecule has 0 unspecified atom stereocenters. The van der Waals surface area contributed by atoms with Crippen molar-refractivity contribution < 1.29 is 9.53 Å². The van der Waals surface area contributed by atoms with Gasteiger partial charge in [0, 0.05) is 12.0 Å². The molecule has 2 nitrogen and oxygen atoms in total. The van der Waals surface area contributed by atoms with Gasteiger partial charge in [0.15, 0.2) is 0 Å². The first kappa shape index (κ1) is 15.4. The van der Waals surface area contributed by atoms with Gasteiger partial charge in [-0.25, -0.2) is 0 Å². The smallest absolute Gasteiger partial charge is 0.328 e. The Morgan fingerprint density at radius 3 is 1.76 bits per heavy atom. The van der Waals surface area contributed by atoms with Crippen molar-refractivity contribution in [1.29, 1.82) is 0 Å². The summed E-state index contributed by atoms with van der Waals surface area (Å²) in [5, 5.41) is 0. The van der Waals surface area contributed by atoms with E-state index in [1.54, 1.807) is 0 Å². The molecule has 121 valence electrons. The van der Waals surface area contributed by atoms with Crippen molar-refractivity contribution >= 4 is 11.5 Å². The molecule has 0 aromatic heterocycles. The maximum absolute atomic E-state index is 12.7. The normalized spacial score (nSPS) is 14.6. The number of esters is 1. The van der Waals surface area contributed by atoms with Gasteiger partial charge in [0.2, 0.25) is 0 Å². The van der Waals surface area contributed by atoms with Crippen LogP contribution < -0.4 is 0 Å². The summed E-state index contributed by atoms with van der Waals surface area (Å²) in [6.45, 7) is 0. The first-order valence-electron chi connectivity index (χ1n) is 8.30. The summed E-state index contributed by atoms with van der Waals surface area (Å²) in [5.74, 6) is 1.06. The number of cyclic esters (lactones) is 1. The van der Waals surface area contributed by atoms with E-state index in [1.165, 1.54) is 0 Å². The molecule has 1 aliphatic heterocycles. The van der Waals surface area contributed by atoms with Crippen LogP contribution in [0, 0.1) is 5.92 Å². The third-order valence-electron chi connectivity index (χ3n) is 4.28. The molecule has 3 aromatic carbocycles. The maximum Gasteiger partial charge on any atom is 0.328 e. The van der Waals surface area contributed by atoms with Gasteiger partial charge in [0.25, 0.3) is 0 Å². The van der Waals surface area contributed by atoms with Gasteiger partial charge in [-0.3, -0.25) is 4.79 Å². The Morgan fingerprint density at radius 1 is 0.640 bits per heavy atom. The van der Waals surface area contributed by atoms with Crippen LogP contribution in [0.25, 0.3) is 5.57 Å². The molecule has 1 radical (unpaired) electrons. The molecule has 1 aliphatic rings. The van der Waals surface area contributed by atoms with E-state index in [9.17, 15) is 4.79 Å². The monoisotopic (exact) mass is 325 g/mol. The Labute approximate surface area is 147 Å². The SMILES string of the molecule is O=C1OC(Cc2ccccc2)=C(c2ccccc2)[C]1c1ccccc1. The minimum Gasteiger partial charge on any atom is -0.429 e. The van der Waals surface area contributed by atoms with E-state index in [2.05, 4.69) is 0 Å². The topological polar surface area (TPSA) is 26.3 Å². The van der Waals surface area contributed by atoms with Gasteiger partial charge in [-0.2, -0.15) is 0 Å². The lowest BCUT2D eigenvalue weighted by molar-refractivity contribution is -0.134. The standard InChI is InChI=1S/C23H17O2/c24-23-22(19-14-8-3-9-15-19)21(18-12-6-2-7-13-18)20(25-23)16-17-10-4-1-5-11-17/h1-15H,16H2. The fourth-order valence-electron chi connectivity index (χ4n) is 3.14. The molecule has 0 saturated carbocycles. The summed E-state index contributed by atoms with van der Waals surface area (Å²) < 4.78 is 5.70. The van der Waals surface area contributed by atoms with Crippen LogP contribution >= 0.6 is 0 Å². The highest BCUT2D eigenvalue weighted by molar-refractivity contribution is 6.11. The van der Waals surface area contributed by atoms with Gasteiger partial charge in [-0.05, 0) is 16.7 Å². The largest absolute Gasteiger partial charge is 0.429 e. The number of hydrogen-bond acceptors (Lipinski definition) is 2. The molecule has 0 aliphatic carbocycles. The first-order chi connectivity index (χ1) is 12.3. The van der Waals surface area contributed by atoms with Crippen LogP contribution in [0.5, 0.6) is 0 Å². The molecule has 3 aromatic rings. The molecule has 0 amide bonds. The van der Waals surface area contributed by atoms with Crippen LogP contribution in [-0.2, 0) is 16.0 Å². The van der Waals surface area contributed by atoms with Gasteiger partial charge in [0.05, 0.1) is 0 Å². The van der Waals surface area contributed by atoms with Crippen molar-refractivity contribution in [3.63, 3.8) is 0 Å².